The highest BCUT2D eigenvalue weighted by Crippen LogP contribution is 2.41. The number of rotatable bonds is 2. The topological polar surface area (TPSA) is 46.2 Å². The normalized spacial score (nSPS) is 34.5. The first-order valence-electron chi connectivity index (χ1n) is 6.72. The molecule has 3 N–H and O–H groups in total. The minimum absolute atomic E-state index is 0.228. The van der Waals surface area contributed by atoms with Crippen molar-refractivity contribution in [2.75, 3.05) is 6.54 Å². The lowest BCUT2D eigenvalue weighted by Gasteiger charge is -2.34. The van der Waals surface area contributed by atoms with E-state index < -0.39 is 5.60 Å². The Balaban J connectivity index is 2.65. The fourth-order valence-corrected chi connectivity index (χ4v) is 2.93. The molecule has 16 heavy (non-hydrogen) atoms. The van der Waals surface area contributed by atoms with Gasteiger partial charge in [-0.3, -0.25) is 0 Å². The van der Waals surface area contributed by atoms with Gasteiger partial charge in [0.05, 0.1) is 5.60 Å². The maximum Gasteiger partial charge on any atom is 0.0685 e. The average molecular weight is 227 g/mol. The maximum atomic E-state index is 10.6. The van der Waals surface area contributed by atoms with Crippen molar-refractivity contribution in [3.63, 3.8) is 0 Å². The number of hydrogen-bond acceptors (Lipinski definition) is 2. The van der Waals surface area contributed by atoms with Crippen molar-refractivity contribution in [3.8, 4) is 0 Å². The molecule has 0 amide bonds. The zero-order chi connectivity index (χ0) is 12.4. The molecule has 1 rings (SSSR count). The summed E-state index contributed by atoms with van der Waals surface area (Å²) >= 11 is 0. The van der Waals surface area contributed by atoms with Gasteiger partial charge in [0.2, 0.25) is 0 Å². The van der Waals surface area contributed by atoms with Crippen molar-refractivity contribution in [2.45, 2.75) is 65.4 Å². The molecule has 0 aromatic rings. The molecule has 3 atom stereocenters. The van der Waals surface area contributed by atoms with E-state index in [4.69, 9.17) is 5.73 Å². The van der Waals surface area contributed by atoms with Crippen LogP contribution >= 0.6 is 0 Å². The summed E-state index contributed by atoms with van der Waals surface area (Å²) in [7, 11) is 0. The molecule has 0 aromatic heterocycles. The highest BCUT2D eigenvalue weighted by atomic mass is 16.3. The van der Waals surface area contributed by atoms with Gasteiger partial charge in [-0.2, -0.15) is 0 Å². The highest BCUT2D eigenvalue weighted by molar-refractivity contribution is 4.90. The minimum Gasteiger partial charge on any atom is -0.390 e. The van der Waals surface area contributed by atoms with Gasteiger partial charge in [0, 0.05) is 0 Å². The second kappa shape index (κ2) is 5.05. The molecule has 0 heterocycles. The third-order valence-corrected chi connectivity index (χ3v) is 4.58. The molecule has 96 valence electrons. The van der Waals surface area contributed by atoms with Gasteiger partial charge in [-0.1, -0.05) is 34.1 Å². The van der Waals surface area contributed by atoms with Gasteiger partial charge in [-0.25, -0.2) is 0 Å². The van der Waals surface area contributed by atoms with Crippen LogP contribution in [0.5, 0.6) is 0 Å². The van der Waals surface area contributed by atoms with Crippen LogP contribution in [0.1, 0.15) is 59.8 Å². The second-order valence-electron chi connectivity index (χ2n) is 6.73. The van der Waals surface area contributed by atoms with Gasteiger partial charge in [0.25, 0.3) is 0 Å². The average Bonchev–Trinajstić information content (AvgIpc) is 2.39. The fourth-order valence-electron chi connectivity index (χ4n) is 2.93. The smallest absolute Gasteiger partial charge is 0.0685 e. The third kappa shape index (κ3) is 3.21. The van der Waals surface area contributed by atoms with Crippen molar-refractivity contribution in [3.05, 3.63) is 0 Å². The molecular weight excluding hydrogens is 198 g/mol. The molecule has 0 spiro atoms. The van der Waals surface area contributed by atoms with Crippen LogP contribution in [0.4, 0.5) is 0 Å². The molecule has 1 aliphatic rings. The Labute approximate surface area is 101 Å². The Bertz CT molecular complexity index is 221. The lowest BCUT2D eigenvalue weighted by molar-refractivity contribution is -0.0240. The molecule has 1 fully saturated rings. The van der Waals surface area contributed by atoms with E-state index in [1.54, 1.807) is 0 Å². The fraction of sp³-hybridized carbons (Fsp3) is 1.00. The molecule has 1 saturated carbocycles. The van der Waals surface area contributed by atoms with E-state index in [2.05, 4.69) is 27.7 Å². The first kappa shape index (κ1) is 14.0. The van der Waals surface area contributed by atoms with E-state index in [1.807, 2.05) is 0 Å². The first-order valence-corrected chi connectivity index (χ1v) is 6.72. The molecule has 1 aliphatic carbocycles. The summed E-state index contributed by atoms with van der Waals surface area (Å²) in [6.45, 7) is 9.62. The van der Waals surface area contributed by atoms with Crippen molar-refractivity contribution < 1.29 is 5.11 Å². The van der Waals surface area contributed by atoms with E-state index in [9.17, 15) is 5.11 Å². The van der Waals surface area contributed by atoms with Crippen LogP contribution in [-0.2, 0) is 0 Å². The van der Waals surface area contributed by atoms with E-state index in [-0.39, 0.29) is 5.92 Å². The van der Waals surface area contributed by atoms with E-state index in [0.717, 1.165) is 31.6 Å². The molecule has 0 saturated heterocycles. The molecule has 0 bridgehead atoms. The largest absolute Gasteiger partial charge is 0.390 e. The summed E-state index contributed by atoms with van der Waals surface area (Å²) in [5.74, 6) is 0.970. The molecular formula is C14H29NO. The Morgan fingerprint density at radius 2 is 1.94 bits per heavy atom. The Kier molecular flexibility index (Phi) is 4.42. The first-order chi connectivity index (χ1) is 7.29. The summed E-state index contributed by atoms with van der Waals surface area (Å²) < 4.78 is 0. The Morgan fingerprint density at radius 3 is 2.44 bits per heavy atom. The quantitative estimate of drug-likeness (QED) is 0.712. The minimum atomic E-state index is -0.505. The predicted octanol–water partition coefficient (Wildman–Crippen LogP) is 2.94. The zero-order valence-electron chi connectivity index (χ0n) is 11.4. The van der Waals surface area contributed by atoms with Crippen LogP contribution < -0.4 is 5.73 Å². The van der Waals surface area contributed by atoms with E-state index in [1.165, 1.54) is 6.42 Å². The molecule has 2 heteroatoms. The standard InChI is InChI=1S/C14H29NO/c1-11(10-15)14(16)8-5-6-12(7-9-14)13(2,3)4/h11-12,16H,5-10,15H2,1-4H3. The van der Waals surface area contributed by atoms with Crippen molar-refractivity contribution in [1.82, 2.24) is 0 Å². The number of nitrogens with two attached hydrogens (primary N) is 1. The van der Waals surface area contributed by atoms with Gasteiger partial charge < -0.3 is 10.8 Å². The summed E-state index contributed by atoms with van der Waals surface area (Å²) in [6, 6.07) is 0. The molecule has 3 unspecified atom stereocenters. The molecule has 0 aliphatic heterocycles. The van der Waals surface area contributed by atoms with Crippen molar-refractivity contribution in [2.24, 2.45) is 23.0 Å². The lowest BCUT2D eigenvalue weighted by Crippen LogP contribution is -2.40. The summed E-state index contributed by atoms with van der Waals surface area (Å²) in [5.41, 5.74) is 5.57. The Hall–Kier alpha value is -0.0800. The van der Waals surface area contributed by atoms with Crippen LogP contribution in [0.15, 0.2) is 0 Å². The summed E-state index contributed by atoms with van der Waals surface area (Å²) in [4.78, 5) is 0. The van der Waals surface area contributed by atoms with Gasteiger partial charge >= 0.3 is 0 Å². The zero-order valence-corrected chi connectivity index (χ0v) is 11.4. The predicted molar refractivity (Wildman–Crippen MR) is 69.2 cm³/mol. The number of hydrogen-bond donors (Lipinski definition) is 2. The van der Waals surface area contributed by atoms with Crippen LogP contribution in [0, 0.1) is 17.3 Å². The monoisotopic (exact) mass is 227 g/mol. The van der Waals surface area contributed by atoms with Crippen LogP contribution in [0.25, 0.3) is 0 Å². The van der Waals surface area contributed by atoms with Crippen LogP contribution in [0.3, 0.4) is 0 Å². The van der Waals surface area contributed by atoms with Crippen molar-refractivity contribution in [1.29, 1.82) is 0 Å². The van der Waals surface area contributed by atoms with E-state index in [0.29, 0.717) is 12.0 Å². The van der Waals surface area contributed by atoms with Gasteiger partial charge in [0.15, 0.2) is 0 Å². The maximum absolute atomic E-state index is 10.6. The summed E-state index contributed by atoms with van der Waals surface area (Å²) in [6.07, 6.45) is 5.39. The lowest BCUT2D eigenvalue weighted by atomic mass is 9.75. The Morgan fingerprint density at radius 1 is 1.31 bits per heavy atom. The third-order valence-electron chi connectivity index (χ3n) is 4.58. The van der Waals surface area contributed by atoms with Crippen molar-refractivity contribution >= 4 is 0 Å². The molecule has 0 radical (unpaired) electrons. The summed E-state index contributed by atoms with van der Waals surface area (Å²) in [5, 5.41) is 10.6. The van der Waals surface area contributed by atoms with Gasteiger partial charge in [0.1, 0.15) is 0 Å². The SMILES string of the molecule is CC(CN)C1(O)CCCC(C(C)(C)C)CC1. The van der Waals surface area contributed by atoms with Crippen LogP contribution in [0.2, 0.25) is 0 Å². The van der Waals surface area contributed by atoms with Crippen LogP contribution in [-0.4, -0.2) is 17.3 Å². The van der Waals surface area contributed by atoms with Gasteiger partial charge in [-0.05, 0) is 49.5 Å². The van der Waals surface area contributed by atoms with E-state index >= 15 is 0 Å². The molecule has 0 aromatic carbocycles. The molecule has 2 nitrogen and oxygen atoms in total. The van der Waals surface area contributed by atoms with Gasteiger partial charge in [-0.15, -0.1) is 0 Å². The second-order valence-corrected chi connectivity index (χ2v) is 6.73. The highest BCUT2D eigenvalue weighted by Gasteiger charge is 2.37. The number of aliphatic hydroxyl groups is 1.